The van der Waals surface area contributed by atoms with Gasteiger partial charge in [-0.3, -0.25) is 5.14 Å². The van der Waals surface area contributed by atoms with Gasteiger partial charge in [-0.25, -0.2) is 13.0 Å². The van der Waals surface area contributed by atoms with Gasteiger partial charge in [-0.05, 0) is 49.4 Å². The molecular weight excluding hydrogens is 340 g/mol. The molecule has 0 saturated heterocycles. The first-order valence-corrected chi connectivity index (χ1v) is 9.55. The van der Waals surface area contributed by atoms with Gasteiger partial charge in [0.2, 0.25) is 0 Å². The summed E-state index contributed by atoms with van der Waals surface area (Å²) in [6, 6.07) is 12.2. The van der Waals surface area contributed by atoms with Crippen LogP contribution in [0.3, 0.4) is 0 Å². The normalized spacial score (nSPS) is 14.6. The molecule has 1 unspecified atom stereocenters. The SMILES string of the molecule is CC(C)c1c(F)cc([C@@H](CC(C)(C)S(N)=O)c2ccccc2)cc1F. The molecular formula is C20H25F2NOS. The maximum Gasteiger partial charge on any atom is 0.129 e. The van der Waals surface area contributed by atoms with E-state index in [4.69, 9.17) is 5.14 Å². The molecule has 0 heterocycles. The van der Waals surface area contributed by atoms with E-state index in [1.165, 1.54) is 12.1 Å². The van der Waals surface area contributed by atoms with Crippen LogP contribution >= 0.6 is 0 Å². The Morgan fingerprint density at radius 2 is 1.56 bits per heavy atom. The van der Waals surface area contributed by atoms with E-state index in [2.05, 4.69) is 0 Å². The number of rotatable bonds is 6. The standard InChI is InChI=1S/C20H25F2NOS/c1-13(2)19-17(21)10-15(11-18(19)22)16(12-20(3,4)25(23)24)14-8-6-5-7-9-14/h5-11,13,16H,12,23H2,1-4H3/t16-,25?/m0/s1. The zero-order valence-corrected chi connectivity index (χ0v) is 15.9. The average Bonchev–Trinajstić information content (AvgIpc) is 2.52. The Morgan fingerprint density at radius 1 is 1.04 bits per heavy atom. The number of halogens is 2. The smallest absolute Gasteiger partial charge is 0.129 e. The van der Waals surface area contributed by atoms with Crippen molar-refractivity contribution >= 4 is 11.0 Å². The number of benzene rings is 2. The van der Waals surface area contributed by atoms with Crippen molar-refractivity contribution in [3.8, 4) is 0 Å². The number of hydrogen-bond acceptors (Lipinski definition) is 1. The van der Waals surface area contributed by atoms with Crippen LogP contribution < -0.4 is 5.14 Å². The van der Waals surface area contributed by atoms with Gasteiger partial charge in [-0.15, -0.1) is 0 Å². The predicted octanol–water partition coefficient (Wildman–Crippen LogP) is 5.01. The fraction of sp³-hybridized carbons (Fsp3) is 0.400. The largest absolute Gasteiger partial charge is 0.251 e. The minimum atomic E-state index is -1.55. The molecule has 0 aliphatic heterocycles. The van der Waals surface area contributed by atoms with Crippen LogP contribution in [0, 0.1) is 11.6 Å². The molecule has 136 valence electrons. The lowest BCUT2D eigenvalue weighted by atomic mass is 9.83. The van der Waals surface area contributed by atoms with Crippen molar-refractivity contribution in [1.29, 1.82) is 0 Å². The zero-order chi connectivity index (χ0) is 18.8. The highest BCUT2D eigenvalue weighted by Crippen LogP contribution is 2.36. The fourth-order valence-electron chi connectivity index (χ4n) is 3.04. The highest BCUT2D eigenvalue weighted by molar-refractivity contribution is 7.84. The molecule has 2 N–H and O–H groups in total. The molecule has 5 heteroatoms. The molecule has 2 atom stereocenters. The topological polar surface area (TPSA) is 43.1 Å². The maximum absolute atomic E-state index is 14.5. The molecule has 2 aromatic rings. The predicted molar refractivity (Wildman–Crippen MR) is 99.8 cm³/mol. The zero-order valence-electron chi connectivity index (χ0n) is 15.1. The third-order valence-corrected chi connectivity index (χ3v) is 5.78. The monoisotopic (exact) mass is 365 g/mol. The van der Waals surface area contributed by atoms with Crippen molar-refractivity contribution in [3.05, 3.63) is 70.8 Å². The van der Waals surface area contributed by atoms with Gasteiger partial charge in [-0.2, -0.15) is 0 Å². The van der Waals surface area contributed by atoms with Gasteiger partial charge >= 0.3 is 0 Å². The van der Waals surface area contributed by atoms with E-state index in [9.17, 15) is 13.0 Å². The molecule has 0 fully saturated rings. The van der Waals surface area contributed by atoms with E-state index >= 15 is 0 Å². The molecule has 0 saturated carbocycles. The van der Waals surface area contributed by atoms with Gasteiger partial charge in [0.15, 0.2) is 0 Å². The molecule has 0 aliphatic carbocycles. The summed E-state index contributed by atoms with van der Waals surface area (Å²) in [4.78, 5) is 0. The molecule has 0 radical (unpaired) electrons. The van der Waals surface area contributed by atoms with Crippen LogP contribution in [-0.4, -0.2) is 8.96 Å². The maximum atomic E-state index is 14.5. The highest BCUT2D eigenvalue weighted by atomic mass is 32.2. The Morgan fingerprint density at radius 3 is 2.00 bits per heavy atom. The van der Waals surface area contributed by atoms with Crippen molar-refractivity contribution in [2.24, 2.45) is 5.14 Å². The van der Waals surface area contributed by atoms with Crippen LogP contribution in [0.4, 0.5) is 8.78 Å². The van der Waals surface area contributed by atoms with Crippen molar-refractivity contribution < 1.29 is 13.0 Å². The molecule has 2 rings (SSSR count). The Hall–Kier alpha value is -1.59. The second-order valence-corrected chi connectivity index (χ2v) is 8.98. The molecule has 25 heavy (non-hydrogen) atoms. The average molecular weight is 365 g/mol. The van der Waals surface area contributed by atoms with Crippen LogP contribution in [0.5, 0.6) is 0 Å². The summed E-state index contributed by atoms with van der Waals surface area (Å²) in [6.07, 6.45) is 0.417. The Bertz CT molecular complexity index is 737. The first-order valence-electron chi connectivity index (χ1n) is 8.33. The van der Waals surface area contributed by atoms with E-state index < -0.39 is 27.4 Å². The van der Waals surface area contributed by atoms with Crippen LogP contribution in [0.1, 0.15) is 62.6 Å². The summed E-state index contributed by atoms with van der Waals surface area (Å²) in [6.45, 7) is 7.12. The summed E-state index contributed by atoms with van der Waals surface area (Å²) in [5.74, 6) is -1.62. The summed E-state index contributed by atoms with van der Waals surface area (Å²) in [7, 11) is -1.55. The first kappa shape index (κ1) is 19.7. The summed E-state index contributed by atoms with van der Waals surface area (Å²) in [5.41, 5.74) is 1.54. The van der Waals surface area contributed by atoms with Crippen molar-refractivity contribution in [2.75, 3.05) is 0 Å². The molecule has 0 aromatic heterocycles. The van der Waals surface area contributed by atoms with Gasteiger partial charge in [0.1, 0.15) is 11.6 Å². The first-order chi connectivity index (χ1) is 11.6. The number of nitrogens with two attached hydrogens (primary N) is 1. The van der Waals surface area contributed by atoms with Crippen molar-refractivity contribution in [2.45, 2.75) is 50.7 Å². The van der Waals surface area contributed by atoms with Crippen LogP contribution in [-0.2, 0) is 11.0 Å². The lowest BCUT2D eigenvalue weighted by molar-refractivity contribution is 0.524. The molecule has 2 aromatic carbocycles. The lowest BCUT2D eigenvalue weighted by Crippen LogP contribution is -2.34. The summed E-state index contributed by atoms with van der Waals surface area (Å²) < 4.78 is 40.2. The van der Waals surface area contributed by atoms with Crippen LogP contribution in [0.2, 0.25) is 0 Å². The Labute approximate surface area is 151 Å². The second kappa shape index (κ2) is 7.75. The van der Waals surface area contributed by atoms with Crippen molar-refractivity contribution in [1.82, 2.24) is 0 Å². The fourth-order valence-corrected chi connectivity index (χ4v) is 3.37. The minimum Gasteiger partial charge on any atom is -0.251 e. The van der Waals surface area contributed by atoms with E-state index in [1.54, 1.807) is 27.7 Å². The highest BCUT2D eigenvalue weighted by Gasteiger charge is 2.30. The van der Waals surface area contributed by atoms with Gasteiger partial charge < -0.3 is 0 Å². The van der Waals surface area contributed by atoms with E-state index in [1.807, 2.05) is 30.3 Å². The lowest BCUT2D eigenvalue weighted by Gasteiger charge is -2.28. The molecule has 2 nitrogen and oxygen atoms in total. The molecule has 0 amide bonds. The van der Waals surface area contributed by atoms with Gasteiger partial charge in [0, 0.05) is 11.5 Å². The third kappa shape index (κ3) is 4.53. The van der Waals surface area contributed by atoms with Crippen LogP contribution in [0.15, 0.2) is 42.5 Å². The third-order valence-electron chi connectivity index (χ3n) is 4.52. The van der Waals surface area contributed by atoms with E-state index in [0.29, 0.717) is 12.0 Å². The molecule has 0 aliphatic rings. The number of hydrogen-bond donors (Lipinski definition) is 1. The Balaban J connectivity index is 2.55. The minimum absolute atomic E-state index is 0.0947. The van der Waals surface area contributed by atoms with Crippen molar-refractivity contribution in [3.63, 3.8) is 0 Å². The summed E-state index contributed by atoms with van der Waals surface area (Å²) in [5, 5.41) is 5.62. The van der Waals surface area contributed by atoms with Gasteiger partial charge in [0.05, 0.1) is 15.7 Å². The summed E-state index contributed by atoms with van der Waals surface area (Å²) >= 11 is 0. The quantitative estimate of drug-likeness (QED) is 0.768. The van der Waals surface area contributed by atoms with Gasteiger partial charge in [0.25, 0.3) is 0 Å². The Kier molecular flexibility index (Phi) is 6.12. The van der Waals surface area contributed by atoms with Gasteiger partial charge in [-0.1, -0.05) is 44.2 Å². The van der Waals surface area contributed by atoms with E-state index in [0.717, 1.165) is 5.56 Å². The molecule has 0 spiro atoms. The van der Waals surface area contributed by atoms with Crippen LogP contribution in [0.25, 0.3) is 0 Å². The second-order valence-electron chi connectivity index (χ2n) is 7.28. The molecule has 0 bridgehead atoms. The van der Waals surface area contributed by atoms with E-state index in [-0.39, 0.29) is 17.4 Å².